The molecule has 1 N–H and O–H groups in total. The summed E-state index contributed by atoms with van der Waals surface area (Å²) in [4.78, 5) is 0. The SMILES string of the molecule is C=C(CCCc1ccc(CC)cc1)NC. The lowest BCUT2D eigenvalue weighted by Gasteiger charge is -2.05. The number of allylic oxidation sites excluding steroid dienone is 1. The minimum atomic E-state index is 1.06. The summed E-state index contributed by atoms with van der Waals surface area (Å²) in [6, 6.07) is 8.92. The van der Waals surface area contributed by atoms with Crippen molar-refractivity contribution in [3.05, 3.63) is 47.7 Å². The van der Waals surface area contributed by atoms with Crippen LogP contribution in [0, 0.1) is 0 Å². The topological polar surface area (TPSA) is 12.0 Å². The third-order valence-corrected chi connectivity index (χ3v) is 2.73. The molecule has 0 unspecified atom stereocenters. The molecule has 0 aliphatic rings. The van der Waals surface area contributed by atoms with Crippen LogP contribution in [0.2, 0.25) is 0 Å². The van der Waals surface area contributed by atoms with Crippen LogP contribution in [-0.2, 0) is 12.8 Å². The molecule has 1 rings (SSSR count). The van der Waals surface area contributed by atoms with Crippen LogP contribution >= 0.6 is 0 Å². The van der Waals surface area contributed by atoms with Gasteiger partial charge in [0.25, 0.3) is 0 Å². The van der Waals surface area contributed by atoms with Crippen LogP contribution in [0.4, 0.5) is 0 Å². The van der Waals surface area contributed by atoms with E-state index in [-0.39, 0.29) is 0 Å². The number of nitrogens with one attached hydrogen (secondary N) is 1. The average molecular weight is 203 g/mol. The molecular formula is C14H21N. The van der Waals surface area contributed by atoms with E-state index in [1.54, 1.807) is 0 Å². The van der Waals surface area contributed by atoms with Crippen LogP contribution < -0.4 is 5.32 Å². The molecule has 1 aromatic carbocycles. The van der Waals surface area contributed by atoms with Crippen molar-refractivity contribution in [3.8, 4) is 0 Å². The number of hydrogen-bond donors (Lipinski definition) is 1. The zero-order valence-corrected chi connectivity index (χ0v) is 9.84. The molecule has 1 aromatic rings. The fourth-order valence-electron chi connectivity index (χ4n) is 1.57. The fraction of sp³-hybridized carbons (Fsp3) is 0.429. The Balaban J connectivity index is 2.34. The predicted octanol–water partition coefficient (Wildman–Crippen LogP) is 3.30. The Hall–Kier alpha value is -1.24. The summed E-state index contributed by atoms with van der Waals surface area (Å²) in [6.07, 6.45) is 4.50. The largest absolute Gasteiger partial charge is 0.392 e. The molecule has 0 amide bonds. The second-order valence-electron chi connectivity index (χ2n) is 3.88. The van der Waals surface area contributed by atoms with Crippen molar-refractivity contribution in [2.75, 3.05) is 7.05 Å². The van der Waals surface area contributed by atoms with Gasteiger partial charge in [-0.2, -0.15) is 0 Å². The maximum absolute atomic E-state index is 3.92. The molecule has 0 radical (unpaired) electrons. The van der Waals surface area contributed by atoms with Crippen LogP contribution in [0.15, 0.2) is 36.5 Å². The number of rotatable bonds is 6. The molecular weight excluding hydrogens is 182 g/mol. The third-order valence-electron chi connectivity index (χ3n) is 2.73. The third kappa shape index (κ3) is 4.20. The molecule has 0 bridgehead atoms. The van der Waals surface area contributed by atoms with E-state index < -0.39 is 0 Å². The Morgan fingerprint density at radius 1 is 1.20 bits per heavy atom. The summed E-state index contributed by atoms with van der Waals surface area (Å²) >= 11 is 0. The van der Waals surface area contributed by atoms with Crippen LogP contribution in [0.3, 0.4) is 0 Å². The summed E-state index contributed by atoms with van der Waals surface area (Å²) in [5.74, 6) is 0. The highest BCUT2D eigenvalue weighted by atomic mass is 14.8. The molecule has 82 valence electrons. The lowest BCUT2D eigenvalue weighted by Crippen LogP contribution is -2.04. The van der Waals surface area contributed by atoms with E-state index in [9.17, 15) is 0 Å². The van der Waals surface area contributed by atoms with Gasteiger partial charge in [-0.3, -0.25) is 0 Å². The van der Waals surface area contributed by atoms with Crippen molar-refractivity contribution in [1.82, 2.24) is 5.32 Å². The molecule has 0 aliphatic carbocycles. The highest BCUT2D eigenvalue weighted by Crippen LogP contribution is 2.09. The number of aryl methyl sites for hydroxylation is 2. The number of benzene rings is 1. The van der Waals surface area contributed by atoms with Gasteiger partial charge in [0.15, 0.2) is 0 Å². The Morgan fingerprint density at radius 2 is 1.80 bits per heavy atom. The van der Waals surface area contributed by atoms with E-state index in [1.807, 2.05) is 7.05 Å². The Kier molecular flexibility index (Phi) is 4.96. The van der Waals surface area contributed by atoms with Gasteiger partial charge in [-0.05, 0) is 36.8 Å². The molecule has 0 fully saturated rings. The zero-order valence-electron chi connectivity index (χ0n) is 9.84. The summed E-state index contributed by atoms with van der Waals surface area (Å²) in [6.45, 7) is 6.11. The Morgan fingerprint density at radius 3 is 2.33 bits per heavy atom. The predicted molar refractivity (Wildman–Crippen MR) is 67.0 cm³/mol. The molecule has 0 saturated carbocycles. The van der Waals surface area contributed by atoms with Crippen LogP contribution in [0.25, 0.3) is 0 Å². The Labute approximate surface area is 93.2 Å². The average Bonchev–Trinajstić information content (AvgIpc) is 2.29. The van der Waals surface area contributed by atoms with Crippen molar-refractivity contribution in [1.29, 1.82) is 0 Å². The first-order chi connectivity index (χ1) is 7.26. The standard InChI is InChI=1S/C14H21N/c1-4-13-8-10-14(11-9-13)7-5-6-12(2)15-3/h8-11,15H,2,4-7H2,1,3H3. The highest BCUT2D eigenvalue weighted by molar-refractivity contribution is 5.22. The van der Waals surface area contributed by atoms with Gasteiger partial charge in [0.05, 0.1) is 0 Å². The molecule has 15 heavy (non-hydrogen) atoms. The molecule has 0 aliphatic heterocycles. The van der Waals surface area contributed by atoms with Gasteiger partial charge in [-0.25, -0.2) is 0 Å². The second-order valence-corrected chi connectivity index (χ2v) is 3.88. The first-order valence-electron chi connectivity index (χ1n) is 5.69. The van der Waals surface area contributed by atoms with E-state index in [2.05, 4.69) is 43.1 Å². The Bertz CT molecular complexity index is 298. The molecule has 0 aromatic heterocycles. The zero-order chi connectivity index (χ0) is 11.1. The number of hydrogen-bond acceptors (Lipinski definition) is 1. The van der Waals surface area contributed by atoms with Gasteiger partial charge in [0.2, 0.25) is 0 Å². The van der Waals surface area contributed by atoms with Crippen molar-refractivity contribution in [3.63, 3.8) is 0 Å². The van der Waals surface area contributed by atoms with Crippen molar-refractivity contribution >= 4 is 0 Å². The molecule has 0 saturated heterocycles. The van der Waals surface area contributed by atoms with E-state index in [0.29, 0.717) is 0 Å². The second kappa shape index (κ2) is 6.28. The van der Waals surface area contributed by atoms with Crippen molar-refractivity contribution in [2.45, 2.75) is 32.6 Å². The lowest BCUT2D eigenvalue weighted by molar-refractivity contribution is 0.764. The molecule has 1 heteroatoms. The monoisotopic (exact) mass is 203 g/mol. The minimum absolute atomic E-state index is 1.06. The summed E-state index contributed by atoms with van der Waals surface area (Å²) in [5, 5.41) is 3.07. The lowest BCUT2D eigenvalue weighted by atomic mass is 10.0. The van der Waals surface area contributed by atoms with E-state index in [0.717, 1.165) is 25.0 Å². The molecule has 0 atom stereocenters. The molecule has 1 nitrogen and oxygen atoms in total. The van der Waals surface area contributed by atoms with Crippen LogP contribution in [-0.4, -0.2) is 7.05 Å². The van der Waals surface area contributed by atoms with E-state index in [4.69, 9.17) is 0 Å². The van der Waals surface area contributed by atoms with Gasteiger partial charge in [0, 0.05) is 12.7 Å². The van der Waals surface area contributed by atoms with E-state index in [1.165, 1.54) is 17.5 Å². The van der Waals surface area contributed by atoms with Gasteiger partial charge < -0.3 is 5.32 Å². The van der Waals surface area contributed by atoms with Crippen molar-refractivity contribution < 1.29 is 0 Å². The highest BCUT2D eigenvalue weighted by Gasteiger charge is 1.95. The summed E-state index contributed by atoms with van der Waals surface area (Å²) in [7, 11) is 1.93. The minimum Gasteiger partial charge on any atom is -0.392 e. The van der Waals surface area contributed by atoms with Gasteiger partial charge in [-0.1, -0.05) is 37.8 Å². The quantitative estimate of drug-likeness (QED) is 0.748. The maximum atomic E-state index is 3.92. The summed E-state index contributed by atoms with van der Waals surface area (Å²) < 4.78 is 0. The van der Waals surface area contributed by atoms with Crippen LogP contribution in [0.1, 0.15) is 30.9 Å². The van der Waals surface area contributed by atoms with Crippen molar-refractivity contribution in [2.24, 2.45) is 0 Å². The smallest absolute Gasteiger partial charge is 0.00311 e. The van der Waals surface area contributed by atoms with E-state index >= 15 is 0 Å². The summed E-state index contributed by atoms with van der Waals surface area (Å²) in [5.41, 5.74) is 3.97. The van der Waals surface area contributed by atoms with Gasteiger partial charge in [-0.15, -0.1) is 0 Å². The van der Waals surface area contributed by atoms with Gasteiger partial charge >= 0.3 is 0 Å². The maximum Gasteiger partial charge on any atom is 0.00311 e. The first kappa shape index (κ1) is 11.8. The normalized spacial score (nSPS) is 10.0. The van der Waals surface area contributed by atoms with Gasteiger partial charge in [0.1, 0.15) is 0 Å². The molecule has 0 spiro atoms. The van der Waals surface area contributed by atoms with Crippen LogP contribution in [0.5, 0.6) is 0 Å². The fourth-order valence-corrected chi connectivity index (χ4v) is 1.57. The molecule has 0 heterocycles. The first-order valence-corrected chi connectivity index (χ1v) is 5.69.